The van der Waals surface area contributed by atoms with Crippen LogP contribution in [-0.4, -0.2) is 18.2 Å². The van der Waals surface area contributed by atoms with Crippen LogP contribution >= 0.6 is 27.7 Å². The van der Waals surface area contributed by atoms with Crippen LogP contribution in [0.15, 0.2) is 51.8 Å². The largest absolute Gasteiger partial charge is 0.399 e. The van der Waals surface area contributed by atoms with Crippen molar-refractivity contribution in [2.45, 2.75) is 4.90 Å². The fourth-order valence-electron chi connectivity index (χ4n) is 2.23. The van der Waals surface area contributed by atoms with Gasteiger partial charge in [0.1, 0.15) is 0 Å². The average Bonchev–Trinajstić information content (AvgIpc) is 2.48. The Bertz CT molecular complexity index is 675. The molecular formula is C15H13BrN2OS. The van der Waals surface area contributed by atoms with Crippen molar-refractivity contribution in [1.29, 1.82) is 0 Å². The first-order chi connectivity index (χ1) is 9.66. The molecule has 0 saturated carbocycles. The average molecular weight is 349 g/mol. The number of benzene rings is 2. The van der Waals surface area contributed by atoms with Gasteiger partial charge in [0, 0.05) is 27.4 Å². The number of nitrogens with two attached hydrogens (primary N) is 1. The molecule has 0 aromatic heterocycles. The summed E-state index contributed by atoms with van der Waals surface area (Å²) >= 11 is 5.21. The fraction of sp³-hybridized carbons (Fsp3) is 0.133. The van der Waals surface area contributed by atoms with Crippen molar-refractivity contribution >= 4 is 45.0 Å². The lowest BCUT2D eigenvalue weighted by molar-refractivity contribution is 0.0987. The lowest BCUT2D eigenvalue weighted by Gasteiger charge is -2.29. The molecule has 0 radical (unpaired) electrons. The van der Waals surface area contributed by atoms with Gasteiger partial charge in [-0.2, -0.15) is 0 Å². The highest BCUT2D eigenvalue weighted by molar-refractivity contribution is 9.10. The molecule has 0 spiro atoms. The van der Waals surface area contributed by atoms with Crippen LogP contribution < -0.4 is 10.6 Å². The maximum atomic E-state index is 12.8. The molecule has 2 N–H and O–H groups in total. The van der Waals surface area contributed by atoms with Gasteiger partial charge >= 0.3 is 0 Å². The summed E-state index contributed by atoms with van der Waals surface area (Å²) in [6, 6.07) is 13.3. The lowest BCUT2D eigenvalue weighted by Crippen LogP contribution is -2.35. The van der Waals surface area contributed by atoms with E-state index in [9.17, 15) is 4.79 Å². The van der Waals surface area contributed by atoms with E-state index >= 15 is 0 Å². The number of nitrogens with zero attached hydrogens (tertiary/aromatic N) is 1. The summed E-state index contributed by atoms with van der Waals surface area (Å²) in [5.74, 6) is 0.889. The Hall–Kier alpha value is -1.46. The smallest absolute Gasteiger partial charge is 0.259 e. The van der Waals surface area contributed by atoms with Gasteiger partial charge in [0.25, 0.3) is 5.91 Å². The summed E-state index contributed by atoms with van der Waals surface area (Å²) in [7, 11) is 0. The van der Waals surface area contributed by atoms with Crippen molar-refractivity contribution in [2.24, 2.45) is 0 Å². The number of nitrogen functional groups attached to an aromatic ring is 1. The normalized spacial score (nSPS) is 13.9. The second-order valence-corrected chi connectivity index (χ2v) is 6.50. The van der Waals surface area contributed by atoms with Crippen molar-refractivity contribution in [3.8, 4) is 0 Å². The van der Waals surface area contributed by atoms with Gasteiger partial charge < -0.3 is 10.6 Å². The van der Waals surface area contributed by atoms with E-state index in [1.165, 1.54) is 0 Å². The van der Waals surface area contributed by atoms with Gasteiger partial charge in [-0.15, -0.1) is 11.8 Å². The monoisotopic (exact) mass is 348 g/mol. The van der Waals surface area contributed by atoms with Gasteiger partial charge in [0.05, 0.1) is 11.3 Å². The Morgan fingerprint density at radius 2 is 2.05 bits per heavy atom. The number of halogens is 1. The third-order valence-electron chi connectivity index (χ3n) is 3.19. The van der Waals surface area contributed by atoms with Crippen molar-refractivity contribution in [1.82, 2.24) is 0 Å². The predicted molar refractivity (Wildman–Crippen MR) is 87.4 cm³/mol. The highest BCUT2D eigenvalue weighted by Gasteiger charge is 2.25. The van der Waals surface area contributed by atoms with Crippen molar-refractivity contribution in [3.63, 3.8) is 0 Å². The topological polar surface area (TPSA) is 46.3 Å². The van der Waals surface area contributed by atoms with Gasteiger partial charge in [-0.05, 0) is 46.3 Å². The van der Waals surface area contributed by atoms with Crippen LogP contribution in [0.5, 0.6) is 0 Å². The number of hydrogen-bond acceptors (Lipinski definition) is 3. The van der Waals surface area contributed by atoms with E-state index in [1.54, 1.807) is 23.9 Å². The SMILES string of the molecule is Nc1ccc(Br)c(C(=O)N2CCSc3ccccc32)c1. The molecule has 0 aliphatic carbocycles. The summed E-state index contributed by atoms with van der Waals surface area (Å²) in [5, 5.41) is 0. The van der Waals surface area contributed by atoms with Crippen LogP contribution in [0.1, 0.15) is 10.4 Å². The molecule has 5 heteroatoms. The lowest BCUT2D eigenvalue weighted by atomic mass is 10.1. The van der Waals surface area contributed by atoms with Crippen LogP contribution in [0.3, 0.4) is 0 Å². The Balaban J connectivity index is 2.02. The van der Waals surface area contributed by atoms with Gasteiger partial charge in [-0.3, -0.25) is 4.79 Å². The molecule has 3 nitrogen and oxygen atoms in total. The summed E-state index contributed by atoms with van der Waals surface area (Å²) in [6.45, 7) is 0.710. The fourth-order valence-corrected chi connectivity index (χ4v) is 3.64. The van der Waals surface area contributed by atoms with Gasteiger partial charge in [0.2, 0.25) is 0 Å². The molecule has 20 heavy (non-hydrogen) atoms. The number of carbonyl (C=O) groups is 1. The molecule has 102 valence electrons. The molecule has 0 atom stereocenters. The van der Waals surface area contributed by atoms with E-state index in [0.29, 0.717) is 17.8 Å². The van der Waals surface area contributed by atoms with Crippen LogP contribution in [0.25, 0.3) is 0 Å². The summed E-state index contributed by atoms with van der Waals surface area (Å²) in [4.78, 5) is 15.7. The number of thioether (sulfide) groups is 1. The van der Waals surface area contributed by atoms with Crippen LogP contribution in [0.4, 0.5) is 11.4 Å². The summed E-state index contributed by atoms with van der Waals surface area (Å²) < 4.78 is 0.771. The molecule has 0 bridgehead atoms. The molecule has 2 aromatic rings. The molecular weight excluding hydrogens is 336 g/mol. The van der Waals surface area contributed by atoms with Crippen molar-refractivity contribution in [2.75, 3.05) is 22.9 Å². The van der Waals surface area contributed by atoms with Crippen LogP contribution in [0.2, 0.25) is 0 Å². The summed E-state index contributed by atoms with van der Waals surface area (Å²) in [6.07, 6.45) is 0. The second-order valence-electron chi connectivity index (χ2n) is 4.51. The standard InChI is InChI=1S/C15H13BrN2OS/c16-12-6-5-10(17)9-11(12)15(19)18-7-8-20-14-4-2-1-3-13(14)18/h1-6,9H,7-8,17H2. The molecule has 1 aliphatic rings. The molecule has 0 unspecified atom stereocenters. The second kappa shape index (κ2) is 5.50. The maximum absolute atomic E-state index is 12.8. The van der Waals surface area contributed by atoms with E-state index < -0.39 is 0 Å². The minimum Gasteiger partial charge on any atom is -0.399 e. The zero-order chi connectivity index (χ0) is 14.1. The number of anilines is 2. The Morgan fingerprint density at radius 3 is 2.90 bits per heavy atom. The number of carbonyl (C=O) groups excluding carboxylic acids is 1. The zero-order valence-corrected chi connectivity index (χ0v) is 13.1. The molecule has 2 aromatic carbocycles. The first-order valence-corrected chi connectivity index (χ1v) is 8.03. The number of para-hydroxylation sites is 1. The third kappa shape index (κ3) is 2.43. The molecule has 1 aliphatic heterocycles. The minimum atomic E-state index is -0.0167. The number of rotatable bonds is 1. The quantitative estimate of drug-likeness (QED) is 0.797. The Kier molecular flexibility index (Phi) is 3.72. The molecule has 1 amide bonds. The van der Waals surface area contributed by atoms with Gasteiger partial charge in [-0.1, -0.05) is 12.1 Å². The van der Waals surface area contributed by atoms with Crippen LogP contribution in [0, 0.1) is 0 Å². The number of amides is 1. The molecule has 0 saturated heterocycles. The van der Waals surface area contributed by atoms with Crippen molar-refractivity contribution in [3.05, 3.63) is 52.5 Å². The van der Waals surface area contributed by atoms with E-state index in [2.05, 4.69) is 15.9 Å². The Labute approximate surface area is 130 Å². The van der Waals surface area contributed by atoms with E-state index in [1.807, 2.05) is 35.2 Å². The van der Waals surface area contributed by atoms with Crippen LogP contribution in [-0.2, 0) is 0 Å². The minimum absolute atomic E-state index is 0.0167. The first-order valence-electron chi connectivity index (χ1n) is 6.25. The highest BCUT2D eigenvalue weighted by Crippen LogP contribution is 2.35. The highest BCUT2D eigenvalue weighted by atomic mass is 79.9. The third-order valence-corrected chi connectivity index (χ3v) is 4.93. The van der Waals surface area contributed by atoms with E-state index in [0.717, 1.165) is 20.8 Å². The number of hydrogen-bond donors (Lipinski definition) is 1. The van der Waals surface area contributed by atoms with E-state index in [-0.39, 0.29) is 5.91 Å². The zero-order valence-electron chi connectivity index (χ0n) is 10.7. The molecule has 0 fully saturated rings. The predicted octanol–water partition coefficient (Wildman–Crippen LogP) is 3.78. The van der Waals surface area contributed by atoms with E-state index in [4.69, 9.17) is 5.73 Å². The summed E-state index contributed by atoms with van der Waals surface area (Å²) in [5.41, 5.74) is 7.97. The number of fused-ring (bicyclic) bond motifs is 1. The Morgan fingerprint density at radius 1 is 1.25 bits per heavy atom. The first kappa shape index (κ1) is 13.5. The van der Waals surface area contributed by atoms with Crippen molar-refractivity contribution < 1.29 is 4.79 Å². The van der Waals surface area contributed by atoms with Gasteiger partial charge in [-0.25, -0.2) is 0 Å². The molecule has 3 rings (SSSR count). The molecule has 1 heterocycles. The van der Waals surface area contributed by atoms with Gasteiger partial charge in [0.15, 0.2) is 0 Å². The maximum Gasteiger partial charge on any atom is 0.259 e.